The lowest BCUT2D eigenvalue weighted by Gasteiger charge is -2.44. The van der Waals surface area contributed by atoms with Crippen LogP contribution >= 0.6 is 0 Å². The normalized spacial score (nSPS) is 35.7. The van der Waals surface area contributed by atoms with Gasteiger partial charge in [-0.25, -0.2) is 8.78 Å². The van der Waals surface area contributed by atoms with Gasteiger partial charge in [-0.1, -0.05) is 129 Å². The summed E-state index contributed by atoms with van der Waals surface area (Å²) in [4.78, 5) is 0. The summed E-state index contributed by atoms with van der Waals surface area (Å²) in [7, 11) is 0. The highest BCUT2D eigenvalue weighted by Gasteiger charge is 2.46. The van der Waals surface area contributed by atoms with Gasteiger partial charge >= 0.3 is 0 Å². The van der Waals surface area contributed by atoms with Gasteiger partial charge in [0.25, 0.3) is 0 Å². The van der Waals surface area contributed by atoms with Gasteiger partial charge in [0, 0.05) is 0 Å². The Labute approximate surface area is 224 Å². The molecular weight excluding hydrogens is 446 g/mol. The van der Waals surface area contributed by atoms with Gasteiger partial charge in [0.2, 0.25) is 0 Å². The molecule has 0 aromatic heterocycles. The van der Waals surface area contributed by atoms with Gasteiger partial charge in [0.05, 0.1) is 0 Å². The smallest absolute Gasteiger partial charge is 0.134 e. The van der Waals surface area contributed by atoms with Crippen molar-refractivity contribution in [1.82, 2.24) is 0 Å². The van der Waals surface area contributed by atoms with Crippen LogP contribution in [0.3, 0.4) is 0 Å². The molecule has 0 N–H and O–H groups in total. The Kier molecular flexibility index (Phi) is 14.7. The zero-order valence-corrected chi connectivity index (χ0v) is 24.3. The first-order valence-corrected chi connectivity index (χ1v) is 16.9. The van der Waals surface area contributed by atoms with Crippen molar-refractivity contribution in [3.63, 3.8) is 0 Å². The van der Waals surface area contributed by atoms with E-state index < -0.39 is 12.3 Å². The third-order valence-electron chi connectivity index (χ3n) is 10.9. The fraction of sp³-hybridized carbons (Fsp3) is 1.00. The number of hydrogen-bond acceptors (Lipinski definition) is 0. The molecule has 3 saturated carbocycles. The van der Waals surface area contributed by atoms with E-state index in [4.69, 9.17) is 0 Å². The molecule has 0 spiro atoms. The van der Waals surface area contributed by atoms with Crippen LogP contribution in [0.1, 0.15) is 168 Å². The van der Waals surface area contributed by atoms with E-state index >= 15 is 8.78 Å². The maximum atomic E-state index is 15.5. The lowest BCUT2D eigenvalue weighted by atomic mass is 9.63. The molecule has 0 bridgehead atoms. The first-order valence-electron chi connectivity index (χ1n) is 16.9. The fourth-order valence-electron chi connectivity index (χ4n) is 8.40. The van der Waals surface area contributed by atoms with Crippen molar-refractivity contribution in [2.45, 2.75) is 180 Å². The quantitative estimate of drug-likeness (QED) is 0.182. The van der Waals surface area contributed by atoms with E-state index in [9.17, 15) is 0 Å². The molecule has 4 unspecified atom stereocenters. The molecule has 0 aromatic rings. The molecule has 0 heterocycles. The van der Waals surface area contributed by atoms with Crippen LogP contribution in [-0.2, 0) is 0 Å². The highest BCUT2D eigenvalue weighted by Crippen LogP contribution is 2.48. The number of alkyl halides is 2. The summed E-state index contributed by atoms with van der Waals surface area (Å²) in [5, 5.41) is 0. The van der Waals surface area contributed by atoms with Crippen molar-refractivity contribution < 1.29 is 8.78 Å². The van der Waals surface area contributed by atoms with Crippen molar-refractivity contribution in [3.8, 4) is 0 Å². The van der Waals surface area contributed by atoms with Crippen LogP contribution in [0.25, 0.3) is 0 Å². The van der Waals surface area contributed by atoms with Gasteiger partial charge in [-0.15, -0.1) is 0 Å². The van der Waals surface area contributed by atoms with Crippen molar-refractivity contribution in [1.29, 1.82) is 0 Å². The second kappa shape index (κ2) is 17.4. The highest BCUT2D eigenvalue weighted by molar-refractivity contribution is 4.95. The molecule has 3 aliphatic rings. The Bertz CT molecular complexity index is 531. The van der Waals surface area contributed by atoms with Crippen molar-refractivity contribution >= 4 is 0 Å². The van der Waals surface area contributed by atoms with Crippen LogP contribution in [0.15, 0.2) is 0 Å². The minimum Gasteiger partial charge on any atom is -0.244 e. The molecule has 2 heteroatoms. The lowest BCUT2D eigenvalue weighted by molar-refractivity contribution is -0.0371. The van der Waals surface area contributed by atoms with E-state index in [0.717, 1.165) is 50.4 Å². The standard InChI is InChI=1S/C34H62F2/c1-3-5-7-9-10-12-14-16-28-19-23-30(24-20-28)32-26-25-31(33(35)34(32)36)29-21-17-27(18-22-29)15-13-11-8-6-4-2/h27-34H,3-26H2,1-2H3. The van der Waals surface area contributed by atoms with Crippen LogP contribution in [0.2, 0.25) is 0 Å². The van der Waals surface area contributed by atoms with Gasteiger partial charge in [0.1, 0.15) is 12.3 Å². The Morgan fingerprint density at radius 2 is 0.750 bits per heavy atom. The zero-order chi connectivity index (χ0) is 25.6. The second-order valence-electron chi connectivity index (χ2n) is 13.5. The molecule has 3 rings (SSSR count). The minimum absolute atomic E-state index is 0.00947. The predicted molar refractivity (Wildman–Crippen MR) is 153 cm³/mol. The Morgan fingerprint density at radius 3 is 1.11 bits per heavy atom. The molecule has 212 valence electrons. The lowest BCUT2D eigenvalue weighted by Crippen LogP contribution is -2.45. The van der Waals surface area contributed by atoms with E-state index in [1.165, 1.54) is 116 Å². The summed E-state index contributed by atoms with van der Waals surface area (Å²) in [5.74, 6) is 2.64. The Hall–Kier alpha value is -0.140. The van der Waals surface area contributed by atoms with Crippen molar-refractivity contribution in [3.05, 3.63) is 0 Å². The van der Waals surface area contributed by atoms with Crippen molar-refractivity contribution in [2.75, 3.05) is 0 Å². The van der Waals surface area contributed by atoms with Crippen LogP contribution in [0.4, 0.5) is 8.78 Å². The number of hydrogen-bond donors (Lipinski definition) is 0. The monoisotopic (exact) mass is 508 g/mol. The summed E-state index contributed by atoms with van der Waals surface area (Å²) >= 11 is 0. The van der Waals surface area contributed by atoms with E-state index in [0.29, 0.717) is 11.8 Å². The molecular formula is C34H62F2. The third kappa shape index (κ3) is 9.87. The van der Waals surface area contributed by atoms with Gasteiger partial charge in [-0.2, -0.15) is 0 Å². The largest absolute Gasteiger partial charge is 0.244 e. The molecule has 0 aromatic carbocycles. The van der Waals surface area contributed by atoms with E-state index in [1.807, 2.05) is 0 Å². The number of halogens is 2. The van der Waals surface area contributed by atoms with Crippen LogP contribution < -0.4 is 0 Å². The van der Waals surface area contributed by atoms with Crippen LogP contribution in [0.5, 0.6) is 0 Å². The fourth-order valence-corrected chi connectivity index (χ4v) is 8.40. The maximum Gasteiger partial charge on any atom is 0.134 e. The van der Waals surface area contributed by atoms with Crippen LogP contribution in [0, 0.1) is 35.5 Å². The summed E-state index contributed by atoms with van der Waals surface area (Å²) in [6, 6.07) is 0. The van der Waals surface area contributed by atoms with Crippen LogP contribution in [-0.4, -0.2) is 12.3 Å². The summed E-state index contributed by atoms with van der Waals surface area (Å²) < 4.78 is 30.9. The minimum atomic E-state index is -1.19. The first-order chi connectivity index (χ1) is 17.6. The molecule has 3 fully saturated rings. The Balaban J connectivity index is 1.30. The van der Waals surface area contributed by atoms with Gasteiger partial charge in [0.15, 0.2) is 0 Å². The maximum absolute atomic E-state index is 15.5. The van der Waals surface area contributed by atoms with Gasteiger partial charge in [-0.3, -0.25) is 0 Å². The summed E-state index contributed by atoms with van der Waals surface area (Å²) in [5.41, 5.74) is 0. The van der Waals surface area contributed by atoms with E-state index in [2.05, 4.69) is 13.8 Å². The predicted octanol–water partition coefficient (Wildman–Crippen LogP) is 11.8. The summed E-state index contributed by atoms with van der Waals surface area (Å²) in [6.07, 6.45) is 28.5. The first kappa shape index (κ1) is 30.4. The topological polar surface area (TPSA) is 0 Å². The molecule has 36 heavy (non-hydrogen) atoms. The molecule has 0 amide bonds. The van der Waals surface area contributed by atoms with Gasteiger partial charge in [-0.05, 0) is 74.0 Å². The molecule has 0 radical (unpaired) electrons. The highest BCUT2D eigenvalue weighted by atomic mass is 19.2. The third-order valence-corrected chi connectivity index (χ3v) is 10.9. The number of rotatable bonds is 16. The van der Waals surface area contributed by atoms with Gasteiger partial charge < -0.3 is 0 Å². The van der Waals surface area contributed by atoms with E-state index in [-0.39, 0.29) is 11.8 Å². The summed E-state index contributed by atoms with van der Waals surface area (Å²) in [6.45, 7) is 4.56. The molecule has 0 saturated heterocycles. The van der Waals surface area contributed by atoms with E-state index in [1.54, 1.807) is 0 Å². The molecule has 3 aliphatic carbocycles. The molecule has 4 atom stereocenters. The number of unbranched alkanes of at least 4 members (excludes halogenated alkanes) is 10. The van der Waals surface area contributed by atoms with Crippen molar-refractivity contribution in [2.24, 2.45) is 35.5 Å². The Morgan fingerprint density at radius 1 is 0.417 bits per heavy atom. The second-order valence-corrected chi connectivity index (χ2v) is 13.5. The average molecular weight is 509 g/mol. The average Bonchev–Trinajstić information content (AvgIpc) is 2.90. The SMILES string of the molecule is CCCCCCCCCC1CCC(C2CCC(C3CCC(CCCCCCC)CC3)C(F)C2F)CC1. The molecule has 0 nitrogen and oxygen atoms in total. The molecule has 0 aliphatic heterocycles. The zero-order valence-electron chi connectivity index (χ0n) is 24.3.